The second-order valence-electron chi connectivity index (χ2n) is 4.96. The van der Waals surface area contributed by atoms with Gasteiger partial charge in [-0.15, -0.1) is 0 Å². The van der Waals surface area contributed by atoms with Crippen molar-refractivity contribution in [1.82, 2.24) is 0 Å². The number of carbonyl (C=O) groups excluding carboxylic acids is 1. The molecule has 0 saturated carbocycles. The molecule has 0 bridgehead atoms. The van der Waals surface area contributed by atoms with Crippen LogP contribution in [0.1, 0.15) is 6.92 Å². The molecule has 0 aliphatic rings. The Morgan fingerprint density at radius 1 is 1.32 bits per heavy atom. The summed E-state index contributed by atoms with van der Waals surface area (Å²) in [5.41, 5.74) is -0.285. The van der Waals surface area contributed by atoms with Gasteiger partial charge in [0.15, 0.2) is 6.10 Å². The molecule has 132 valence electrons. The number of methoxy groups -OCH3 is 1. The summed E-state index contributed by atoms with van der Waals surface area (Å²) in [7, 11) is 1.38. The van der Waals surface area contributed by atoms with Crippen LogP contribution in [0, 0.1) is 15.9 Å². The molecule has 0 aliphatic heterocycles. The van der Waals surface area contributed by atoms with Crippen LogP contribution in [0.15, 0.2) is 40.9 Å². The van der Waals surface area contributed by atoms with Crippen molar-refractivity contribution in [3.63, 3.8) is 0 Å². The second-order valence-corrected chi connectivity index (χ2v) is 5.82. The lowest BCUT2D eigenvalue weighted by Gasteiger charge is -2.16. The molecule has 0 saturated heterocycles. The smallest absolute Gasteiger partial charge is 0.296 e. The fraction of sp³-hybridized carbons (Fsp3) is 0.188. The molecule has 0 aromatic heterocycles. The molecule has 0 aliphatic carbocycles. The molecule has 0 heterocycles. The Labute approximate surface area is 151 Å². The lowest BCUT2D eigenvalue weighted by molar-refractivity contribution is -0.384. The fourth-order valence-corrected chi connectivity index (χ4v) is 2.39. The molecule has 0 unspecified atom stereocenters. The SMILES string of the molecule is COc1ccc(NC(=O)[C@H](C)Oc2ccc(F)cc2Br)c([N+](=O)[O-])c1. The van der Waals surface area contributed by atoms with Crippen LogP contribution in [0.4, 0.5) is 15.8 Å². The minimum atomic E-state index is -0.969. The van der Waals surface area contributed by atoms with Gasteiger partial charge < -0.3 is 14.8 Å². The Bertz CT molecular complexity index is 815. The summed E-state index contributed by atoms with van der Waals surface area (Å²) in [6, 6.07) is 7.84. The molecule has 0 spiro atoms. The molecule has 25 heavy (non-hydrogen) atoms. The summed E-state index contributed by atoms with van der Waals surface area (Å²) in [5.74, 6) is -0.479. The van der Waals surface area contributed by atoms with Gasteiger partial charge >= 0.3 is 0 Å². The lowest BCUT2D eigenvalue weighted by Crippen LogP contribution is -2.30. The Kier molecular flexibility index (Phi) is 5.92. The first kappa shape index (κ1) is 18.7. The maximum absolute atomic E-state index is 13.1. The van der Waals surface area contributed by atoms with Crippen LogP contribution in [0.25, 0.3) is 0 Å². The third-order valence-corrected chi connectivity index (χ3v) is 3.85. The van der Waals surface area contributed by atoms with E-state index in [9.17, 15) is 19.3 Å². The van der Waals surface area contributed by atoms with Crippen molar-refractivity contribution in [3.8, 4) is 11.5 Å². The number of nitrogens with zero attached hydrogens (tertiary/aromatic N) is 1. The summed E-state index contributed by atoms with van der Waals surface area (Å²) >= 11 is 3.14. The zero-order chi connectivity index (χ0) is 18.6. The van der Waals surface area contributed by atoms with Crippen LogP contribution in [-0.4, -0.2) is 24.0 Å². The van der Waals surface area contributed by atoms with Gasteiger partial charge in [0, 0.05) is 0 Å². The molecule has 2 rings (SSSR count). The summed E-state index contributed by atoms with van der Waals surface area (Å²) < 4.78 is 23.8. The van der Waals surface area contributed by atoms with Gasteiger partial charge in [-0.05, 0) is 53.2 Å². The number of hydrogen-bond acceptors (Lipinski definition) is 5. The topological polar surface area (TPSA) is 90.7 Å². The molecule has 2 aromatic rings. The van der Waals surface area contributed by atoms with Gasteiger partial charge in [-0.25, -0.2) is 4.39 Å². The van der Waals surface area contributed by atoms with E-state index in [1.807, 2.05) is 0 Å². The Hall–Kier alpha value is -2.68. The quantitative estimate of drug-likeness (QED) is 0.573. The normalized spacial score (nSPS) is 11.5. The van der Waals surface area contributed by atoms with Crippen LogP contribution < -0.4 is 14.8 Å². The van der Waals surface area contributed by atoms with E-state index in [-0.39, 0.29) is 17.1 Å². The van der Waals surface area contributed by atoms with Crippen molar-refractivity contribution < 1.29 is 23.6 Å². The molecule has 1 N–H and O–H groups in total. The van der Waals surface area contributed by atoms with Gasteiger partial charge in [-0.1, -0.05) is 0 Å². The molecule has 1 amide bonds. The second kappa shape index (κ2) is 7.93. The number of nitro benzene ring substituents is 1. The van der Waals surface area contributed by atoms with Crippen LogP contribution in [-0.2, 0) is 4.79 Å². The van der Waals surface area contributed by atoms with Gasteiger partial charge in [0.2, 0.25) is 0 Å². The number of hydrogen-bond donors (Lipinski definition) is 1. The highest BCUT2D eigenvalue weighted by molar-refractivity contribution is 9.10. The maximum atomic E-state index is 13.1. The number of carbonyl (C=O) groups is 1. The first-order valence-electron chi connectivity index (χ1n) is 7.07. The van der Waals surface area contributed by atoms with Crippen molar-refractivity contribution in [3.05, 3.63) is 56.8 Å². The number of benzene rings is 2. The molecular formula is C16H14BrFN2O5. The van der Waals surface area contributed by atoms with Crippen LogP contribution in [0.5, 0.6) is 11.5 Å². The number of halogens is 2. The maximum Gasteiger partial charge on any atom is 0.296 e. The predicted molar refractivity (Wildman–Crippen MR) is 92.5 cm³/mol. The van der Waals surface area contributed by atoms with E-state index in [1.165, 1.54) is 50.4 Å². The van der Waals surface area contributed by atoms with Gasteiger partial charge in [0.25, 0.3) is 11.6 Å². The summed E-state index contributed by atoms with van der Waals surface area (Å²) in [4.78, 5) is 22.8. The van der Waals surface area contributed by atoms with E-state index < -0.39 is 22.8 Å². The van der Waals surface area contributed by atoms with Gasteiger partial charge in [-0.2, -0.15) is 0 Å². The van der Waals surface area contributed by atoms with Crippen LogP contribution in [0.2, 0.25) is 0 Å². The Morgan fingerprint density at radius 2 is 2.04 bits per heavy atom. The molecule has 1 atom stereocenters. The van der Waals surface area contributed by atoms with Crippen molar-refractivity contribution in [1.29, 1.82) is 0 Å². The van der Waals surface area contributed by atoms with Crippen molar-refractivity contribution in [2.45, 2.75) is 13.0 Å². The van der Waals surface area contributed by atoms with Crippen molar-refractivity contribution in [2.24, 2.45) is 0 Å². The number of rotatable bonds is 6. The standard InChI is InChI=1S/C16H14BrFN2O5/c1-9(25-15-6-3-10(18)7-12(15)17)16(21)19-13-5-4-11(24-2)8-14(13)20(22)23/h3-9H,1-2H3,(H,19,21)/t9-/m0/s1. The Balaban J connectivity index is 2.14. The molecule has 2 aromatic carbocycles. The van der Waals surface area contributed by atoms with Gasteiger partial charge in [-0.3, -0.25) is 14.9 Å². The minimum Gasteiger partial charge on any atom is -0.496 e. The number of nitro groups is 1. The number of nitrogens with one attached hydrogen (secondary N) is 1. The van der Waals surface area contributed by atoms with Crippen molar-refractivity contribution in [2.75, 3.05) is 12.4 Å². The third-order valence-electron chi connectivity index (χ3n) is 3.23. The zero-order valence-electron chi connectivity index (χ0n) is 13.3. The number of ether oxygens (including phenoxy) is 2. The largest absolute Gasteiger partial charge is 0.496 e. The average molecular weight is 413 g/mol. The molecule has 7 nitrogen and oxygen atoms in total. The van der Waals surface area contributed by atoms with E-state index in [0.29, 0.717) is 10.2 Å². The number of amides is 1. The van der Waals surface area contributed by atoms with Crippen LogP contribution >= 0.6 is 15.9 Å². The predicted octanol–water partition coefficient (Wildman–Crippen LogP) is 3.91. The van der Waals surface area contributed by atoms with Gasteiger partial charge in [0.05, 0.1) is 22.6 Å². The monoisotopic (exact) mass is 412 g/mol. The summed E-state index contributed by atoms with van der Waals surface area (Å²) in [6.45, 7) is 1.47. The van der Waals surface area contributed by atoms with Gasteiger partial charge in [0.1, 0.15) is 23.0 Å². The highest BCUT2D eigenvalue weighted by Crippen LogP contribution is 2.30. The molecule has 9 heteroatoms. The molecular weight excluding hydrogens is 399 g/mol. The average Bonchev–Trinajstić information content (AvgIpc) is 2.57. The van der Waals surface area contributed by atoms with E-state index in [4.69, 9.17) is 9.47 Å². The number of anilines is 1. The lowest BCUT2D eigenvalue weighted by atomic mass is 10.2. The molecule has 0 fully saturated rings. The van der Waals surface area contributed by atoms with Crippen molar-refractivity contribution >= 4 is 33.2 Å². The van der Waals surface area contributed by atoms with E-state index in [0.717, 1.165) is 0 Å². The summed E-state index contributed by atoms with van der Waals surface area (Å²) in [6.07, 6.45) is -0.969. The molecule has 0 radical (unpaired) electrons. The highest BCUT2D eigenvalue weighted by Gasteiger charge is 2.21. The zero-order valence-corrected chi connectivity index (χ0v) is 14.9. The van der Waals surface area contributed by atoms with E-state index in [2.05, 4.69) is 21.2 Å². The van der Waals surface area contributed by atoms with E-state index in [1.54, 1.807) is 0 Å². The minimum absolute atomic E-state index is 0.0180. The van der Waals surface area contributed by atoms with E-state index >= 15 is 0 Å². The fourth-order valence-electron chi connectivity index (χ4n) is 1.94. The first-order valence-corrected chi connectivity index (χ1v) is 7.86. The van der Waals surface area contributed by atoms with Crippen LogP contribution in [0.3, 0.4) is 0 Å². The first-order chi connectivity index (χ1) is 11.8. The third kappa shape index (κ3) is 4.66. The Morgan fingerprint density at radius 3 is 2.64 bits per heavy atom. The highest BCUT2D eigenvalue weighted by atomic mass is 79.9. The summed E-state index contributed by atoms with van der Waals surface area (Å²) in [5, 5.41) is 13.6.